The number of furan rings is 1. The number of nitrogens with zero attached hydrogens (tertiary/aromatic N) is 1. The van der Waals surface area contributed by atoms with Crippen LogP contribution in [0, 0.1) is 0 Å². The number of para-hydroxylation sites is 1. The molecule has 0 N–H and O–H groups in total. The first kappa shape index (κ1) is 30.7. The lowest BCUT2D eigenvalue weighted by atomic mass is 9.99. The SMILES string of the molecule is CC1=C=C(c2ccccc2)Oc2c1ccc1oc3c(N(c4ccc(-c5ccccc5)cc4)c4ccc(-c5ccc6ccccc6c5)cc4)cccc3c21. The van der Waals surface area contributed by atoms with Crippen LogP contribution in [0.25, 0.3) is 66.3 Å². The molecular weight excluding hydrogens is 647 g/mol. The summed E-state index contributed by atoms with van der Waals surface area (Å²) in [7, 11) is 0. The van der Waals surface area contributed by atoms with E-state index in [2.05, 4.69) is 175 Å². The minimum absolute atomic E-state index is 0.709. The molecule has 0 amide bonds. The topological polar surface area (TPSA) is 25.6 Å². The molecule has 0 atom stereocenters. The number of anilines is 3. The first-order chi connectivity index (χ1) is 26.2. The maximum Gasteiger partial charge on any atom is 0.177 e. The van der Waals surface area contributed by atoms with E-state index in [1.165, 1.54) is 21.9 Å². The predicted molar refractivity (Wildman–Crippen MR) is 220 cm³/mol. The molecule has 2 heterocycles. The van der Waals surface area contributed by atoms with E-state index in [0.29, 0.717) is 5.76 Å². The fourth-order valence-corrected chi connectivity index (χ4v) is 7.54. The summed E-state index contributed by atoms with van der Waals surface area (Å²) in [5.74, 6) is 1.51. The van der Waals surface area contributed by atoms with Crippen molar-refractivity contribution in [3.05, 3.63) is 199 Å². The third kappa shape index (κ3) is 5.39. The summed E-state index contributed by atoms with van der Waals surface area (Å²) < 4.78 is 13.5. The van der Waals surface area contributed by atoms with Crippen molar-refractivity contribution in [2.24, 2.45) is 0 Å². The van der Waals surface area contributed by atoms with Gasteiger partial charge in [0.05, 0.1) is 11.1 Å². The molecule has 1 aliphatic rings. The van der Waals surface area contributed by atoms with E-state index >= 15 is 0 Å². The molecule has 0 saturated heterocycles. The standard InChI is InChI=1S/C50H33NO2/c1-33-31-47(38-14-6-3-7-15-38)53-50-43(33)29-30-46-48(50)44-17-10-18-45(49(44)52-46)51(41-25-21-36(22-26-41)34-11-4-2-5-12-34)42-27-23-37(24-28-42)40-20-19-35-13-8-9-16-39(35)32-40/h2-30,32H,1H3. The molecule has 0 spiro atoms. The van der Waals surface area contributed by atoms with Crippen LogP contribution >= 0.6 is 0 Å². The van der Waals surface area contributed by atoms with Gasteiger partial charge < -0.3 is 14.1 Å². The Bertz CT molecular complexity index is 2880. The zero-order chi connectivity index (χ0) is 35.3. The smallest absolute Gasteiger partial charge is 0.177 e. The maximum absolute atomic E-state index is 6.82. The summed E-state index contributed by atoms with van der Waals surface area (Å²) in [6.45, 7) is 2.09. The number of benzene rings is 8. The van der Waals surface area contributed by atoms with Gasteiger partial charge >= 0.3 is 0 Å². The molecule has 0 bridgehead atoms. The van der Waals surface area contributed by atoms with E-state index in [-0.39, 0.29) is 0 Å². The quantitative estimate of drug-likeness (QED) is 0.164. The molecule has 1 aliphatic heterocycles. The van der Waals surface area contributed by atoms with Crippen molar-refractivity contribution in [3.63, 3.8) is 0 Å². The summed E-state index contributed by atoms with van der Waals surface area (Å²) in [5, 5.41) is 4.42. The largest absolute Gasteiger partial charge is 0.454 e. The first-order valence-corrected chi connectivity index (χ1v) is 17.9. The van der Waals surface area contributed by atoms with E-state index in [4.69, 9.17) is 9.15 Å². The molecule has 1 aromatic heterocycles. The molecule has 0 aliphatic carbocycles. The van der Waals surface area contributed by atoms with Crippen LogP contribution in [-0.2, 0) is 0 Å². The Balaban J connectivity index is 1.12. The van der Waals surface area contributed by atoms with E-state index in [0.717, 1.165) is 72.6 Å². The predicted octanol–water partition coefficient (Wildman–Crippen LogP) is 14.0. The van der Waals surface area contributed by atoms with Crippen LogP contribution in [0.15, 0.2) is 192 Å². The normalized spacial score (nSPS) is 12.3. The highest BCUT2D eigenvalue weighted by atomic mass is 16.5. The molecule has 8 aromatic carbocycles. The van der Waals surface area contributed by atoms with Crippen LogP contribution in [0.2, 0.25) is 0 Å². The number of rotatable bonds is 6. The molecule has 10 rings (SSSR count). The van der Waals surface area contributed by atoms with Gasteiger partial charge in [0.15, 0.2) is 11.3 Å². The van der Waals surface area contributed by atoms with Gasteiger partial charge in [-0.15, -0.1) is 0 Å². The van der Waals surface area contributed by atoms with Crippen molar-refractivity contribution >= 4 is 61.1 Å². The first-order valence-electron chi connectivity index (χ1n) is 17.9. The van der Waals surface area contributed by atoms with E-state index in [9.17, 15) is 0 Å². The highest BCUT2D eigenvalue weighted by Crippen LogP contribution is 2.48. The Morgan fingerprint density at radius 1 is 0.491 bits per heavy atom. The molecule has 0 fully saturated rings. The van der Waals surface area contributed by atoms with Gasteiger partial charge in [-0.05, 0) is 88.5 Å². The Morgan fingerprint density at radius 3 is 1.81 bits per heavy atom. The highest BCUT2D eigenvalue weighted by Gasteiger charge is 2.25. The summed E-state index contributed by atoms with van der Waals surface area (Å²) in [6, 6.07) is 63.9. The van der Waals surface area contributed by atoms with Crippen molar-refractivity contribution in [2.45, 2.75) is 6.92 Å². The Labute approximate surface area is 308 Å². The van der Waals surface area contributed by atoms with Gasteiger partial charge in [-0.2, -0.15) is 0 Å². The molecule has 0 radical (unpaired) electrons. The van der Waals surface area contributed by atoms with Crippen LogP contribution < -0.4 is 9.64 Å². The summed E-state index contributed by atoms with van der Waals surface area (Å²) >= 11 is 0. The zero-order valence-electron chi connectivity index (χ0n) is 29.1. The van der Waals surface area contributed by atoms with E-state index < -0.39 is 0 Å². The molecule has 3 nitrogen and oxygen atoms in total. The lowest BCUT2D eigenvalue weighted by Crippen LogP contribution is -2.10. The van der Waals surface area contributed by atoms with Crippen LogP contribution in [0.4, 0.5) is 17.1 Å². The Hall–Kier alpha value is -7.06. The van der Waals surface area contributed by atoms with E-state index in [1.54, 1.807) is 0 Å². The van der Waals surface area contributed by atoms with E-state index in [1.807, 2.05) is 24.3 Å². The van der Waals surface area contributed by atoms with Crippen LogP contribution in [0.3, 0.4) is 0 Å². The fourth-order valence-electron chi connectivity index (χ4n) is 7.54. The average Bonchev–Trinajstić information content (AvgIpc) is 3.62. The highest BCUT2D eigenvalue weighted by molar-refractivity contribution is 6.14. The fraction of sp³-hybridized carbons (Fsp3) is 0.0200. The number of fused-ring (bicyclic) bond motifs is 6. The number of allylic oxidation sites excluding steroid dienone is 1. The van der Waals surface area contributed by atoms with Crippen molar-refractivity contribution in [1.29, 1.82) is 0 Å². The van der Waals surface area contributed by atoms with Gasteiger partial charge in [0, 0.05) is 33.5 Å². The van der Waals surface area contributed by atoms with Gasteiger partial charge in [-0.3, -0.25) is 0 Å². The molecular formula is C50H33NO2. The molecule has 0 saturated carbocycles. The second kappa shape index (κ2) is 12.6. The maximum atomic E-state index is 6.82. The molecule has 3 heteroatoms. The summed E-state index contributed by atoms with van der Waals surface area (Å²) in [5.41, 5.74) is 15.8. The molecule has 9 aromatic rings. The lowest BCUT2D eigenvalue weighted by molar-refractivity contribution is 0.517. The second-order valence-electron chi connectivity index (χ2n) is 13.5. The van der Waals surface area contributed by atoms with Gasteiger partial charge in [0.2, 0.25) is 0 Å². The Morgan fingerprint density at radius 2 is 1.09 bits per heavy atom. The zero-order valence-corrected chi connectivity index (χ0v) is 29.1. The van der Waals surface area contributed by atoms with Crippen LogP contribution in [0.1, 0.15) is 18.1 Å². The third-order valence-electron chi connectivity index (χ3n) is 10.2. The monoisotopic (exact) mass is 679 g/mol. The van der Waals surface area contributed by atoms with Gasteiger partial charge in [0.1, 0.15) is 11.3 Å². The van der Waals surface area contributed by atoms with Crippen molar-refractivity contribution in [3.8, 4) is 28.0 Å². The van der Waals surface area contributed by atoms with Crippen LogP contribution in [-0.4, -0.2) is 0 Å². The van der Waals surface area contributed by atoms with Crippen molar-refractivity contribution in [1.82, 2.24) is 0 Å². The number of ether oxygens (including phenoxy) is 1. The van der Waals surface area contributed by atoms with Crippen molar-refractivity contribution in [2.75, 3.05) is 4.90 Å². The molecule has 0 unspecified atom stereocenters. The summed E-state index contributed by atoms with van der Waals surface area (Å²) in [6.07, 6.45) is 0. The summed E-state index contributed by atoms with van der Waals surface area (Å²) in [4.78, 5) is 2.29. The minimum atomic E-state index is 0.709. The lowest BCUT2D eigenvalue weighted by Gasteiger charge is -2.26. The van der Waals surface area contributed by atoms with Crippen molar-refractivity contribution < 1.29 is 9.15 Å². The third-order valence-corrected chi connectivity index (χ3v) is 10.2. The second-order valence-corrected chi connectivity index (χ2v) is 13.5. The van der Waals surface area contributed by atoms with Crippen LogP contribution in [0.5, 0.6) is 5.75 Å². The average molecular weight is 680 g/mol. The van der Waals surface area contributed by atoms with Gasteiger partial charge in [-0.1, -0.05) is 139 Å². The number of hydrogen-bond acceptors (Lipinski definition) is 3. The van der Waals surface area contributed by atoms with Gasteiger partial charge in [-0.25, -0.2) is 0 Å². The molecule has 250 valence electrons. The Kier molecular flexibility index (Phi) is 7.32. The molecule has 53 heavy (non-hydrogen) atoms. The van der Waals surface area contributed by atoms with Gasteiger partial charge in [0.25, 0.3) is 0 Å². The number of hydrogen-bond donors (Lipinski definition) is 0. The minimum Gasteiger partial charge on any atom is -0.454 e.